The minimum absolute atomic E-state index is 0.0675. The van der Waals surface area contributed by atoms with Crippen molar-refractivity contribution in [3.63, 3.8) is 0 Å². The van der Waals surface area contributed by atoms with Gasteiger partial charge in [-0.1, -0.05) is 53.0 Å². The summed E-state index contributed by atoms with van der Waals surface area (Å²) in [5.41, 5.74) is 0.356. The number of rotatable bonds is 6. The van der Waals surface area contributed by atoms with Gasteiger partial charge in [-0.3, -0.25) is 4.79 Å². The first-order chi connectivity index (χ1) is 14.2. The van der Waals surface area contributed by atoms with E-state index in [1.165, 1.54) is 18.2 Å². The van der Waals surface area contributed by atoms with Crippen molar-refractivity contribution in [2.24, 2.45) is 0 Å². The van der Waals surface area contributed by atoms with Crippen LogP contribution >= 0.6 is 34.8 Å². The van der Waals surface area contributed by atoms with Crippen LogP contribution in [-0.4, -0.2) is 14.3 Å². The van der Waals surface area contributed by atoms with Crippen molar-refractivity contribution in [2.45, 2.75) is 11.4 Å². The van der Waals surface area contributed by atoms with Crippen LogP contribution < -0.4 is 10.0 Å². The van der Waals surface area contributed by atoms with E-state index in [1.807, 2.05) is 0 Å². The number of halogens is 4. The molecule has 0 saturated heterocycles. The standard InChI is InChI=1S/C20H14Cl3FN2O3S/c21-13-7-14(22)9-15(8-13)26-20(27)17-10-16(5-6-19(17)24)30(28,29)25-11-12-3-1-2-4-18(12)23/h1-10,25H,11H2,(H,26,27). The Bertz CT molecular complexity index is 1200. The van der Waals surface area contributed by atoms with Gasteiger partial charge in [0.15, 0.2) is 0 Å². The van der Waals surface area contributed by atoms with Gasteiger partial charge in [-0.2, -0.15) is 0 Å². The third kappa shape index (κ3) is 5.50. The Labute approximate surface area is 187 Å². The Morgan fingerprint density at radius 1 is 0.933 bits per heavy atom. The lowest BCUT2D eigenvalue weighted by Gasteiger charge is -2.11. The van der Waals surface area contributed by atoms with E-state index in [9.17, 15) is 17.6 Å². The predicted molar refractivity (Wildman–Crippen MR) is 116 cm³/mol. The molecule has 0 bridgehead atoms. The summed E-state index contributed by atoms with van der Waals surface area (Å²) < 4.78 is 41.8. The second kappa shape index (κ2) is 9.32. The van der Waals surface area contributed by atoms with Crippen molar-refractivity contribution in [2.75, 3.05) is 5.32 Å². The second-order valence-corrected chi connectivity index (χ2v) is 9.22. The summed E-state index contributed by atoms with van der Waals surface area (Å²) in [6.07, 6.45) is 0. The Morgan fingerprint density at radius 3 is 2.27 bits per heavy atom. The number of nitrogens with one attached hydrogen (secondary N) is 2. The van der Waals surface area contributed by atoms with Gasteiger partial charge in [0.2, 0.25) is 10.0 Å². The fourth-order valence-electron chi connectivity index (χ4n) is 2.57. The average molecular weight is 488 g/mol. The van der Waals surface area contributed by atoms with Crippen LogP contribution in [0.1, 0.15) is 15.9 Å². The Kier molecular flexibility index (Phi) is 7.00. The molecular weight excluding hydrogens is 474 g/mol. The topological polar surface area (TPSA) is 75.3 Å². The van der Waals surface area contributed by atoms with Gasteiger partial charge in [0.25, 0.3) is 5.91 Å². The molecule has 1 amide bonds. The lowest BCUT2D eigenvalue weighted by atomic mass is 10.2. The number of hydrogen-bond donors (Lipinski definition) is 2. The number of carbonyl (C=O) groups excluding carboxylic acids is 1. The number of anilines is 1. The predicted octanol–water partition coefficient (Wildman–Crippen LogP) is 5.52. The Hall–Kier alpha value is -2.16. The van der Waals surface area contributed by atoms with Gasteiger partial charge in [-0.25, -0.2) is 17.5 Å². The molecule has 156 valence electrons. The molecule has 0 atom stereocenters. The summed E-state index contributed by atoms with van der Waals surface area (Å²) in [5, 5.41) is 3.40. The normalized spacial score (nSPS) is 11.3. The maximum absolute atomic E-state index is 14.2. The highest BCUT2D eigenvalue weighted by molar-refractivity contribution is 7.89. The highest BCUT2D eigenvalue weighted by atomic mass is 35.5. The van der Waals surface area contributed by atoms with Crippen molar-refractivity contribution in [1.29, 1.82) is 0 Å². The van der Waals surface area contributed by atoms with Gasteiger partial charge < -0.3 is 5.32 Å². The fourth-order valence-corrected chi connectivity index (χ4v) is 4.33. The molecule has 3 aromatic carbocycles. The van der Waals surface area contributed by atoms with Gasteiger partial charge >= 0.3 is 0 Å². The van der Waals surface area contributed by atoms with Crippen LogP contribution in [-0.2, 0) is 16.6 Å². The van der Waals surface area contributed by atoms with Crippen LogP contribution in [0, 0.1) is 5.82 Å². The molecule has 10 heteroatoms. The summed E-state index contributed by atoms with van der Waals surface area (Å²) in [5.74, 6) is -1.74. The van der Waals surface area contributed by atoms with Gasteiger partial charge in [0, 0.05) is 27.3 Å². The number of amides is 1. The van der Waals surface area contributed by atoms with E-state index in [0.29, 0.717) is 10.6 Å². The highest BCUT2D eigenvalue weighted by Gasteiger charge is 2.20. The largest absolute Gasteiger partial charge is 0.322 e. The van der Waals surface area contributed by atoms with Crippen LogP contribution in [0.15, 0.2) is 65.6 Å². The number of carbonyl (C=O) groups is 1. The highest BCUT2D eigenvalue weighted by Crippen LogP contribution is 2.24. The van der Waals surface area contributed by atoms with E-state index in [0.717, 1.165) is 18.2 Å². The molecule has 0 aliphatic heterocycles. The van der Waals surface area contributed by atoms with Gasteiger partial charge in [-0.15, -0.1) is 0 Å². The smallest absolute Gasteiger partial charge is 0.258 e. The summed E-state index contributed by atoms with van der Waals surface area (Å²) in [6, 6.07) is 14.0. The van der Waals surface area contributed by atoms with Crippen LogP contribution in [0.3, 0.4) is 0 Å². The van der Waals surface area contributed by atoms with E-state index in [2.05, 4.69) is 10.0 Å². The maximum Gasteiger partial charge on any atom is 0.258 e. The van der Waals surface area contributed by atoms with Gasteiger partial charge in [0.05, 0.1) is 10.5 Å². The Balaban J connectivity index is 1.83. The molecule has 0 aliphatic rings. The monoisotopic (exact) mass is 486 g/mol. The van der Waals surface area contributed by atoms with E-state index >= 15 is 0 Å². The molecule has 30 heavy (non-hydrogen) atoms. The third-order valence-electron chi connectivity index (χ3n) is 4.02. The number of hydrogen-bond acceptors (Lipinski definition) is 3. The van der Waals surface area contributed by atoms with Crippen molar-refractivity contribution in [3.8, 4) is 0 Å². The first-order valence-electron chi connectivity index (χ1n) is 8.46. The maximum atomic E-state index is 14.2. The molecule has 0 aromatic heterocycles. The molecule has 3 rings (SSSR count). The fraction of sp³-hybridized carbons (Fsp3) is 0.0500. The number of sulfonamides is 1. The first-order valence-corrected chi connectivity index (χ1v) is 11.1. The van der Waals surface area contributed by atoms with Crippen LogP contribution in [0.25, 0.3) is 0 Å². The van der Waals surface area contributed by atoms with Crippen LogP contribution in [0.4, 0.5) is 10.1 Å². The van der Waals surface area contributed by atoms with Crippen molar-refractivity contribution in [3.05, 3.63) is 92.7 Å². The lowest BCUT2D eigenvalue weighted by molar-refractivity contribution is 0.102. The molecular formula is C20H14Cl3FN2O3S. The SMILES string of the molecule is O=C(Nc1cc(Cl)cc(Cl)c1)c1cc(S(=O)(=O)NCc2ccccc2Cl)ccc1F. The lowest BCUT2D eigenvalue weighted by Crippen LogP contribution is -2.24. The quantitative estimate of drug-likeness (QED) is 0.481. The summed E-state index contributed by atoms with van der Waals surface area (Å²) in [7, 11) is -4.03. The molecule has 5 nitrogen and oxygen atoms in total. The van der Waals surface area contributed by atoms with E-state index in [-0.39, 0.29) is 27.2 Å². The molecule has 0 unspecified atom stereocenters. The molecule has 2 N–H and O–H groups in total. The van der Waals surface area contributed by atoms with E-state index in [4.69, 9.17) is 34.8 Å². The van der Waals surface area contributed by atoms with E-state index < -0.39 is 27.3 Å². The zero-order chi connectivity index (χ0) is 21.9. The average Bonchev–Trinajstić information content (AvgIpc) is 2.66. The molecule has 0 fully saturated rings. The van der Waals surface area contributed by atoms with Gasteiger partial charge in [-0.05, 0) is 48.0 Å². The van der Waals surface area contributed by atoms with Crippen molar-refractivity contribution in [1.82, 2.24) is 4.72 Å². The minimum atomic E-state index is -4.03. The summed E-state index contributed by atoms with van der Waals surface area (Å²) >= 11 is 17.8. The Morgan fingerprint density at radius 2 is 1.60 bits per heavy atom. The van der Waals surface area contributed by atoms with E-state index in [1.54, 1.807) is 24.3 Å². The number of benzene rings is 3. The first kappa shape index (κ1) is 22.5. The third-order valence-corrected chi connectivity index (χ3v) is 6.23. The second-order valence-electron chi connectivity index (χ2n) is 6.17. The summed E-state index contributed by atoms with van der Waals surface area (Å²) in [6.45, 7) is -0.0675. The minimum Gasteiger partial charge on any atom is -0.322 e. The van der Waals surface area contributed by atoms with Crippen LogP contribution in [0.5, 0.6) is 0 Å². The zero-order valence-electron chi connectivity index (χ0n) is 15.1. The van der Waals surface area contributed by atoms with Gasteiger partial charge in [0.1, 0.15) is 5.82 Å². The molecule has 0 spiro atoms. The van der Waals surface area contributed by atoms with Crippen molar-refractivity contribution < 1.29 is 17.6 Å². The zero-order valence-corrected chi connectivity index (χ0v) is 18.2. The van der Waals surface area contributed by atoms with Crippen molar-refractivity contribution >= 4 is 56.4 Å². The molecule has 0 heterocycles. The molecule has 0 saturated carbocycles. The van der Waals surface area contributed by atoms with Crippen LogP contribution in [0.2, 0.25) is 15.1 Å². The molecule has 3 aromatic rings. The molecule has 0 aliphatic carbocycles. The summed E-state index contributed by atoms with van der Waals surface area (Å²) in [4.78, 5) is 12.2. The molecule has 0 radical (unpaired) electrons.